The van der Waals surface area contributed by atoms with Gasteiger partial charge in [-0.2, -0.15) is 0 Å². The van der Waals surface area contributed by atoms with Gasteiger partial charge < -0.3 is 15.0 Å². The van der Waals surface area contributed by atoms with E-state index in [9.17, 15) is 18.0 Å². The van der Waals surface area contributed by atoms with Crippen LogP contribution in [-0.2, 0) is 19.6 Å². The number of carbonyl (C=O) groups is 2. The second kappa shape index (κ2) is 9.17. The van der Waals surface area contributed by atoms with E-state index in [1.54, 1.807) is 29.2 Å². The molecule has 2 aromatic carbocycles. The summed E-state index contributed by atoms with van der Waals surface area (Å²) in [7, 11) is -2.49. The molecule has 9 heteroatoms. The first-order valence-corrected chi connectivity index (χ1v) is 11.1. The van der Waals surface area contributed by atoms with Gasteiger partial charge in [0.15, 0.2) is 0 Å². The van der Waals surface area contributed by atoms with Crippen molar-refractivity contribution in [2.45, 2.75) is 24.7 Å². The smallest absolute Gasteiger partial charge is 0.264 e. The SMILES string of the molecule is COc1ccc(N(CC(=O)N2CCCC2)S(=O)(=O)c2ccc(NC(C)=O)cc2)cc1. The van der Waals surface area contributed by atoms with E-state index in [4.69, 9.17) is 4.74 Å². The third kappa shape index (κ3) is 4.91. The van der Waals surface area contributed by atoms with Crippen LogP contribution in [0.5, 0.6) is 5.75 Å². The minimum absolute atomic E-state index is 0.0293. The van der Waals surface area contributed by atoms with Crippen molar-refractivity contribution >= 4 is 33.2 Å². The first-order chi connectivity index (χ1) is 14.3. The van der Waals surface area contributed by atoms with Crippen molar-refractivity contribution in [3.8, 4) is 5.75 Å². The molecule has 0 saturated carbocycles. The summed E-state index contributed by atoms with van der Waals surface area (Å²) in [6.45, 7) is 2.36. The zero-order valence-corrected chi connectivity index (χ0v) is 17.8. The number of amides is 2. The summed E-state index contributed by atoms with van der Waals surface area (Å²) < 4.78 is 33.1. The highest BCUT2D eigenvalue weighted by Gasteiger charge is 2.29. The molecule has 0 aromatic heterocycles. The van der Waals surface area contributed by atoms with Crippen molar-refractivity contribution in [2.75, 3.05) is 36.4 Å². The Morgan fingerprint density at radius 3 is 2.17 bits per heavy atom. The predicted octanol–water partition coefficient (Wildman–Crippen LogP) is 2.47. The normalized spacial score (nSPS) is 13.7. The fraction of sp³-hybridized carbons (Fsp3) is 0.333. The predicted molar refractivity (Wildman–Crippen MR) is 114 cm³/mol. The molecule has 1 fully saturated rings. The van der Waals surface area contributed by atoms with E-state index in [2.05, 4.69) is 5.32 Å². The van der Waals surface area contributed by atoms with Gasteiger partial charge >= 0.3 is 0 Å². The van der Waals surface area contributed by atoms with Gasteiger partial charge in [-0.15, -0.1) is 0 Å². The summed E-state index contributed by atoms with van der Waals surface area (Å²) in [5, 5.41) is 2.60. The van der Waals surface area contributed by atoms with E-state index in [1.165, 1.54) is 38.3 Å². The highest BCUT2D eigenvalue weighted by atomic mass is 32.2. The molecule has 30 heavy (non-hydrogen) atoms. The number of nitrogens with zero attached hydrogens (tertiary/aromatic N) is 2. The van der Waals surface area contributed by atoms with Gasteiger partial charge in [-0.25, -0.2) is 8.42 Å². The number of benzene rings is 2. The van der Waals surface area contributed by atoms with E-state index in [0.29, 0.717) is 30.2 Å². The van der Waals surface area contributed by atoms with Gasteiger partial charge in [0.25, 0.3) is 10.0 Å². The molecule has 0 unspecified atom stereocenters. The van der Waals surface area contributed by atoms with Gasteiger partial charge in [0, 0.05) is 25.7 Å². The van der Waals surface area contributed by atoms with Crippen molar-refractivity contribution in [3.63, 3.8) is 0 Å². The zero-order valence-electron chi connectivity index (χ0n) is 17.0. The van der Waals surface area contributed by atoms with Gasteiger partial charge in [0.2, 0.25) is 11.8 Å². The molecule has 1 aliphatic heterocycles. The summed E-state index contributed by atoms with van der Waals surface area (Å²) in [6.07, 6.45) is 1.84. The van der Waals surface area contributed by atoms with Crippen LogP contribution in [0.3, 0.4) is 0 Å². The summed E-state index contributed by atoms with van der Waals surface area (Å²) in [4.78, 5) is 25.7. The zero-order chi connectivity index (χ0) is 21.7. The number of carbonyl (C=O) groups excluding carboxylic acids is 2. The molecule has 8 nitrogen and oxygen atoms in total. The van der Waals surface area contributed by atoms with E-state index < -0.39 is 10.0 Å². The molecule has 0 aliphatic carbocycles. The van der Waals surface area contributed by atoms with Crippen LogP contribution in [-0.4, -0.2) is 51.9 Å². The average molecular weight is 432 g/mol. The lowest BCUT2D eigenvalue weighted by Crippen LogP contribution is -2.42. The largest absolute Gasteiger partial charge is 0.497 e. The first-order valence-electron chi connectivity index (χ1n) is 9.63. The fourth-order valence-corrected chi connectivity index (χ4v) is 4.71. The number of anilines is 2. The number of nitrogens with one attached hydrogen (secondary N) is 1. The quantitative estimate of drug-likeness (QED) is 0.727. The minimum Gasteiger partial charge on any atom is -0.497 e. The minimum atomic E-state index is -4.01. The molecule has 3 rings (SSSR count). The Bertz CT molecular complexity index is 998. The molecule has 1 heterocycles. The Labute approximate surface area is 176 Å². The number of methoxy groups -OCH3 is 1. The number of hydrogen-bond acceptors (Lipinski definition) is 5. The summed E-state index contributed by atoms with van der Waals surface area (Å²) in [6, 6.07) is 12.4. The number of rotatable bonds is 7. The van der Waals surface area contributed by atoms with Crippen LogP contribution < -0.4 is 14.4 Å². The molecule has 0 atom stereocenters. The van der Waals surface area contributed by atoms with Crippen LogP contribution in [0.25, 0.3) is 0 Å². The third-order valence-corrected chi connectivity index (χ3v) is 6.65. The number of ether oxygens (including phenoxy) is 1. The van der Waals surface area contributed by atoms with Crippen molar-refractivity contribution in [3.05, 3.63) is 48.5 Å². The Hall–Kier alpha value is -3.07. The van der Waals surface area contributed by atoms with Crippen molar-refractivity contribution in [1.82, 2.24) is 4.90 Å². The third-order valence-electron chi connectivity index (χ3n) is 4.86. The Morgan fingerprint density at radius 2 is 1.63 bits per heavy atom. The molecule has 2 aromatic rings. The van der Waals surface area contributed by atoms with Crippen LogP contribution in [0.15, 0.2) is 53.4 Å². The van der Waals surface area contributed by atoms with Gasteiger partial charge in [0.05, 0.1) is 17.7 Å². The first kappa shape index (κ1) is 21.6. The van der Waals surface area contributed by atoms with Gasteiger partial charge in [-0.1, -0.05) is 0 Å². The molecule has 2 amide bonds. The number of hydrogen-bond donors (Lipinski definition) is 1. The standard InChI is InChI=1S/C21H25N3O5S/c1-16(25)22-17-5-11-20(12-6-17)30(27,28)24(15-21(26)23-13-3-4-14-23)18-7-9-19(29-2)10-8-18/h5-12H,3-4,13-15H2,1-2H3,(H,22,25). The molecular formula is C21H25N3O5S. The summed E-state index contributed by atoms with van der Waals surface area (Å²) in [5.74, 6) is 0.102. The van der Waals surface area contributed by atoms with Gasteiger partial charge in [0.1, 0.15) is 12.3 Å². The topological polar surface area (TPSA) is 96.0 Å². The number of sulfonamides is 1. The molecule has 1 N–H and O–H groups in total. The molecule has 0 bridgehead atoms. The highest BCUT2D eigenvalue weighted by Crippen LogP contribution is 2.27. The number of likely N-dealkylation sites (tertiary alicyclic amines) is 1. The van der Waals surface area contributed by atoms with Crippen LogP contribution in [0.2, 0.25) is 0 Å². The van der Waals surface area contributed by atoms with E-state index in [-0.39, 0.29) is 23.3 Å². The van der Waals surface area contributed by atoms with Crippen molar-refractivity contribution in [2.24, 2.45) is 0 Å². The lowest BCUT2D eigenvalue weighted by molar-refractivity contribution is -0.128. The monoisotopic (exact) mass is 431 g/mol. The summed E-state index contributed by atoms with van der Waals surface area (Å²) >= 11 is 0. The second-order valence-electron chi connectivity index (χ2n) is 7.00. The molecule has 0 spiro atoms. The maximum atomic E-state index is 13.4. The van der Waals surface area contributed by atoms with E-state index in [0.717, 1.165) is 17.1 Å². The van der Waals surface area contributed by atoms with Crippen molar-refractivity contribution < 1.29 is 22.7 Å². The van der Waals surface area contributed by atoms with Crippen LogP contribution in [0.1, 0.15) is 19.8 Å². The highest BCUT2D eigenvalue weighted by molar-refractivity contribution is 7.92. The molecule has 160 valence electrons. The van der Waals surface area contributed by atoms with Crippen LogP contribution in [0.4, 0.5) is 11.4 Å². The second-order valence-corrected chi connectivity index (χ2v) is 8.87. The average Bonchev–Trinajstić information content (AvgIpc) is 3.27. The fourth-order valence-electron chi connectivity index (χ4n) is 3.29. The Morgan fingerprint density at radius 1 is 1.03 bits per heavy atom. The lowest BCUT2D eigenvalue weighted by Gasteiger charge is -2.26. The maximum Gasteiger partial charge on any atom is 0.264 e. The van der Waals surface area contributed by atoms with Crippen LogP contribution in [0, 0.1) is 0 Å². The van der Waals surface area contributed by atoms with E-state index >= 15 is 0 Å². The Kier molecular flexibility index (Phi) is 6.61. The Balaban J connectivity index is 1.94. The van der Waals surface area contributed by atoms with Crippen molar-refractivity contribution in [1.29, 1.82) is 0 Å². The maximum absolute atomic E-state index is 13.4. The van der Waals surface area contributed by atoms with Crippen LogP contribution >= 0.6 is 0 Å². The lowest BCUT2D eigenvalue weighted by atomic mass is 10.3. The summed E-state index contributed by atoms with van der Waals surface area (Å²) in [5.41, 5.74) is 0.861. The molecule has 0 radical (unpaired) electrons. The van der Waals surface area contributed by atoms with E-state index in [1.807, 2.05) is 0 Å². The molecular weight excluding hydrogens is 406 g/mol. The molecule has 1 saturated heterocycles. The van der Waals surface area contributed by atoms with Gasteiger partial charge in [-0.05, 0) is 61.4 Å². The van der Waals surface area contributed by atoms with Gasteiger partial charge in [-0.3, -0.25) is 13.9 Å². The molecule has 1 aliphatic rings.